The molecule has 2 N–H and O–H groups in total. The Morgan fingerprint density at radius 1 is 1.26 bits per heavy atom. The zero-order valence-corrected chi connectivity index (χ0v) is 12.3. The van der Waals surface area contributed by atoms with Crippen molar-refractivity contribution in [3.8, 4) is 11.3 Å². The third-order valence-corrected chi connectivity index (χ3v) is 3.77. The molecule has 1 aromatic heterocycles. The molecule has 0 radical (unpaired) electrons. The van der Waals surface area contributed by atoms with Crippen LogP contribution in [0.2, 0.25) is 0 Å². The second-order valence-corrected chi connectivity index (χ2v) is 6.54. The van der Waals surface area contributed by atoms with E-state index in [1.54, 1.807) is 0 Å². The molecule has 1 aromatic carbocycles. The van der Waals surface area contributed by atoms with E-state index in [2.05, 4.69) is 50.0 Å². The summed E-state index contributed by atoms with van der Waals surface area (Å²) >= 11 is 1.47. The molecule has 0 saturated carbocycles. The van der Waals surface area contributed by atoms with Crippen molar-refractivity contribution in [2.45, 2.75) is 32.6 Å². The lowest BCUT2D eigenvalue weighted by Crippen LogP contribution is -2.13. The standard InChI is InChI=1S/C15H18N2OS/c1-15(2,3)11-6-4-10(5-7-11)12-9-19-14(17-12)8-13(16)18/h4-7,9H,8H2,1-3H3,(H2,16,18). The van der Waals surface area contributed by atoms with Crippen LogP contribution in [0, 0.1) is 0 Å². The first-order valence-electron chi connectivity index (χ1n) is 6.20. The van der Waals surface area contributed by atoms with Crippen molar-refractivity contribution in [1.82, 2.24) is 4.98 Å². The molecule has 0 spiro atoms. The van der Waals surface area contributed by atoms with Crippen LogP contribution < -0.4 is 5.73 Å². The largest absolute Gasteiger partial charge is 0.369 e. The lowest BCUT2D eigenvalue weighted by Gasteiger charge is -2.18. The number of amides is 1. The van der Waals surface area contributed by atoms with Gasteiger partial charge in [0, 0.05) is 10.9 Å². The fraction of sp³-hybridized carbons (Fsp3) is 0.333. The summed E-state index contributed by atoms with van der Waals surface area (Å²) in [5.41, 5.74) is 8.59. The fourth-order valence-corrected chi connectivity index (χ4v) is 2.63. The number of hydrogen-bond acceptors (Lipinski definition) is 3. The van der Waals surface area contributed by atoms with E-state index in [0.717, 1.165) is 16.3 Å². The Hall–Kier alpha value is -1.68. The SMILES string of the molecule is CC(C)(C)c1ccc(-c2csc(CC(N)=O)n2)cc1. The molecule has 0 fully saturated rings. The monoisotopic (exact) mass is 274 g/mol. The van der Waals surface area contributed by atoms with Crippen LogP contribution in [-0.2, 0) is 16.6 Å². The summed E-state index contributed by atoms with van der Waals surface area (Å²) in [6.45, 7) is 6.57. The molecule has 2 aromatic rings. The summed E-state index contributed by atoms with van der Waals surface area (Å²) < 4.78 is 0. The van der Waals surface area contributed by atoms with Gasteiger partial charge in [0.2, 0.25) is 5.91 Å². The summed E-state index contributed by atoms with van der Waals surface area (Å²) in [5.74, 6) is -0.344. The van der Waals surface area contributed by atoms with E-state index in [1.807, 2.05) is 5.38 Å². The van der Waals surface area contributed by atoms with Crippen LogP contribution >= 0.6 is 11.3 Å². The van der Waals surface area contributed by atoms with Gasteiger partial charge in [-0.2, -0.15) is 0 Å². The molecular weight excluding hydrogens is 256 g/mol. The molecule has 1 heterocycles. The minimum absolute atomic E-state index is 0.151. The number of carbonyl (C=O) groups excluding carboxylic acids is 1. The van der Waals surface area contributed by atoms with Crippen molar-refractivity contribution in [3.05, 3.63) is 40.2 Å². The minimum Gasteiger partial charge on any atom is -0.369 e. The van der Waals surface area contributed by atoms with Crippen LogP contribution in [0.5, 0.6) is 0 Å². The Balaban J connectivity index is 2.23. The molecule has 0 unspecified atom stereocenters. The second kappa shape index (κ2) is 5.13. The van der Waals surface area contributed by atoms with Crippen LogP contribution in [0.3, 0.4) is 0 Å². The van der Waals surface area contributed by atoms with Gasteiger partial charge in [-0.1, -0.05) is 45.0 Å². The van der Waals surface area contributed by atoms with E-state index in [4.69, 9.17) is 5.73 Å². The molecule has 0 aliphatic rings. The maximum Gasteiger partial charge on any atom is 0.224 e. The van der Waals surface area contributed by atoms with E-state index in [1.165, 1.54) is 16.9 Å². The highest BCUT2D eigenvalue weighted by atomic mass is 32.1. The van der Waals surface area contributed by atoms with Gasteiger partial charge in [0.1, 0.15) is 5.01 Å². The van der Waals surface area contributed by atoms with Gasteiger partial charge in [-0.15, -0.1) is 11.3 Å². The minimum atomic E-state index is -0.344. The maximum atomic E-state index is 10.9. The molecule has 1 amide bonds. The number of nitrogens with zero attached hydrogens (tertiary/aromatic N) is 1. The summed E-state index contributed by atoms with van der Waals surface area (Å²) in [5, 5.41) is 2.73. The molecule has 3 nitrogen and oxygen atoms in total. The lowest BCUT2D eigenvalue weighted by atomic mass is 9.86. The zero-order valence-electron chi connectivity index (χ0n) is 11.4. The number of rotatable bonds is 3. The van der Waals surface area contributed by atoms with Crippen molar-refractivity contribution in [2.24, 2.45) is 5.73 Å². The van der Waals surface area contributed by atoms with Crippen LogP contribution in [0.1, 0.15) is 31.3 Å². The van der Waals surface area contributed by atoms with Crippen molar-refractivity contribution >= 4 is 17.2 Å². The van der Waals surface area contributed by atoms with Crippen LogP contribution in [-0.4, -0.2) is 10.9 Å². The van der Waals surface area contributed by atoms with Gasteiger partial charge >= 0.3 is 0 Å². The summed E-state index contributed by atoms with van der Waals surface area (Å²) in [6.07, 6.45) is 0.213. The van der Waals surface area contributed by atoms with Gasteiger partial charge in [-0.05, 0) is 11.0 Å². The van der Waals surface area contributed by atoms with E-state index in [9.17, 15) is 4.79 Å². The average Bonchev–Trinajstić information content (AvgIpc) is 2.75. The third-order valence-electron chi connectivity index (χ3n) is 2.92. The van der Waals surface area contributed by atoms with Gasteiger partial charge in [0.15, 0.2) is 0 Å². The predicted molar refractivity (Wildman–Crippen MR) is 79.1 cm³/mol. The number of hydrogen-bond donors (Lipinski definition) is 1. The molecule has 0 saturated heterocycles. The van der Waals surface area contributed by atoms with Gasteiger partial charge in [-0.25, -0.2) is 4.98 Å². The predicted octanol–water partition coefficient (Wildman–Crippen LogP) is 3.14. The Morgan fingerprint density at radius 3 is 2.42 bits per heavy atom. The molecule has 0 atom stereocenters. The first-order valence-corrected chi connectivity index (χ1v) is 7.08. The van der Waals surface area contributed by atoms with Crippen LogP contribution in [0.25, 0.3) is 11.3 Å². The molecule has 19 heavy (non-hydrogen) atoms. The Labute approximate surface area is 117 Å². The molecule has 2 rings (SSSR count). The third kappa shape index (κ3) is 3.41. The molecule has 0 aliphatic heterocycles. The first kappa shape index (κ1) is 13.7. The Bertz CT molecular complexity index is 579. The quantitative estimate of drug-likeness (QED) is 0.934. The van der Waals surface area contributed by atoms with Crippen molar-refractivity contribution in [1.29, 1.82) is 0 Å². The van der Waals surface area contributed by atoms with Gasteiger partial charge < -0.3 is 5.73 Å². The van der Waals surface area contributed by atoms with Gasteiger partial charge in [0.25, 0.3) is 0 Å². The first-order chi connectivity index (χ1) is 8.86. The normalized spacial score (nSPS) is 11.5. The lowest BCUT2D eigenvalue weighted by molar-refractivity contribution is -0.117. The molecule has 4 heteroatoms. The van der Waals surface area contributed by atoms with E-state index in [-0.39, 0.29) is 17.7 Å². The topological polar surface area (TPSA) is 56.0 Å². The molecule has 0 bridgehead atoms. The van der Waals surface area contributed by atoms with Gasteiger partial charge in [-0.3, -0.25) is 4.79 Å². The summed E-state index contributed by atoms with van der Waals surface area (Å²) in [6, 6.07) is 8.40. The number of primary amides is 1. The van der Waals surface area contributed by atoms with Crippen molar-refractivity contribution in [2.75, 3.05) is 0 Å². The number of nitrogens with two attached hydrogens (primary N) is 1. The highest BCUT2D eigenvalue weighted by Gasteiger charge is 2.13. The van der Waals surface area contributed by atoms with Crippen LogP contribution in [0.15, 0.2) is 29.6 Å². The zero-order chi connectivity index (χ0) is 14.0. The molecule has 0 aliphatic carbocycles. The summed E-state index contributed by atoms with van der Waals surface area (Å²) in [7, 11) is 0. The maximum absolute atomic E-state index is 10.9. The highest BCUT2D eigenvalue weighted by Crippen LogP contribution is 2.27. The van der Waals surface area contributed by atoms with Gasteiger partial charge in [0.05, 0.1) is 12.1 Å². The fourth-order valence-electron chi connectivity index (χ4n) is 1.81. The Morgan fingerprint density at radius 2 is 1.89 bits per heavy atom. The second-order valence-electron chi connectivity index (χ2n) is 5.60. The average molecular weight is 274 g/mol. The van der Waals surface area contributed by atoms with E-state index >= 15 is 0 Å². The van der Waals surface area contributed by atoms with Crippen molar-refractivity contribution < 1.29 is 4.79 Å². The number of benzene rings is 1. The number of thiazole rings is 1. The summed E-state index contributed by atoms with van der Waals surface area (Å²) in [4.78, 5) is 15.3. The number of aromatic nitrogens is 1. The molecule has 100 valence electrons. The number of carbonyl (C=O) groups is 1. The van der Waals surface area contributed by atoms with Crippen molar-refractivity contribution in [3.63, 3.8) is 0 Å². The molecular formula is C15H18N2OS. The smallest absolute Gasteiger partial charge is 0.224 e. The van der Waals surface area contributed by atoms with E-state index in [0.29, 0.717) is 0 Å². The highest BCUT2D eigenvalue weighted by molar-refractivity contribution is 7.10. The van der Waals surface area contributed by atoms with E-state index < -0.39 is 0 Å². The van der Waals surface area contributed by atoms with Crippen LogP contribution in [0.4, 0.5) is 0 Å². The Kier molecular flexibility index (Phi) is 3.71.